The van der Waals surface area contributed by atoms with Gasteiger partial charge in [0.05, 0.1) is 22.2 Å². The first kappa shape index (κ1) is 29.6. The van der Waals surface area contributed by atoms with Gasteiger partial charge in [0.15, 0.2) is 11.5 Å². The minimum Gasteiger partial charge on any atom is -0.744 e. The summed E-state index contributed by atoms with van der Waals surface area (Å²) < 4.78 is 78.1. The van der Waals surface area contributed by atoms with Gasteiger partial charge in [0.1, 0.15) is 20.2 Å². The van der Waals surface area contributed by atoms with Gasteiger partial charge in [-0.25, -0.2) is 26.8 Å². The van der Waals surface area contributed by atoms with Gasteiger partial charge in [0.25, 0.3) is 0 Å². The van der Waals surface area contributed by atoms with Crippen molar-refractivity contribution in [3.63, 3.8) is 0 Å². The molecule has 0 N–H and O–H groups in total. The topological polar surface area (TPSA) is 166 Å². The van der Waals surface area contributed by atoms with Gasteiger partial charge in [-0.15, -0.1) is 0 Å². The van der Waals surface area contributed by atoms with Gasteiger partial charge in [-0.3, -0.25) is 0 Å². The Kier molecular flexibility index (Phi) is 8.94. The van der Waals surface area contributed by atoms with E-state index >= 15 is 0 Å². The molecule has 0 radical (unpaired) electrons. The molecule has 0 bridgehead atoms. The van der Waals surface area contributed by atoms with Crippen LogP contribution in [-0.2, 0) is 20.2 Å². The molecule has 0 aliphatic carbocycles. The van der Waals surface area contributed by atoms with Crippen LogP contribution < -0.4 is 37.7 Å². The minimum atomic E-state index is -4.53. The van der Waals surface area contributed by atoms with Crippen molar-refractivity contribution in [2.75, 3.05) is 0 Å². The summed E-state index contributed by atoms with van der Waals surface area (Å²) in [6.45, 7) is 0. The molecule has 2 aromatic heterocycles. The van der Waals surface area contributed by atoms with E-state index in [2.05, 4.69) is 9.97 Å². The maximum absolute atomic E-state index is 11.1. The zero-order chi connectivity index (χ0) is 25.5. The average Bonchev–Trinajstić information content (AvgIpc) is 3.54. The van der Waals surface area contributed by atoms with Crippen molar-refractivity contribution in [2.45, 2.75) is 9.79 Å². The summed E-state index contributed by atoms with van der Waals surface area (Å²) in [5, 5.41) is 0. The van der Waals surface area contributed by atoms with Crippen molar-refractivity contribution in [3.8, 4) is 45.6 Å². The molecule has 0 saturated heterocycles. The second-order valence-corrected chi connectivity index (χ2v) is 10.4. The van der Waals surface area contributed by atoms with Gasteiger partial charge >= 0.3 is 37.7 Å². The average molecular weight is 536 g/mol. The Morgan fingerprint density at radius 1 is 0.500 bits per heavy atom. The maximum Gasteiger partial charge on any atom is 1.00 e. The number of hydrogen-bond donors (Lipinski definition) is 0. The fourth-order valence-electron chi connectivity index (χ4n) is 3.41. The van der Waals surface area contributed by atoms with E-state index in [1.807, 2.05) is 0 Å². The minimum absolute atomic E-state index is 0. The molecule has 0 aliphatic heterocycles. The molecule has 0 atom stereocenters. The molecule has 0 unspecified atom stereocenters. The van der Waals surface area contributed by atoms with Gasteiger partial charge < -0.3 is 17.9 Å². The summed E-state index contributed by atoms with van der Waals surface area (Å²) in [4.78, 5) is 7.85. The van der Waals surface area contributed by atoms with E-state index in [4.69, 9.17) is 8.83 Å². The molecule has 5 aromatic rings. The molecule has 10 nitrogen and oxygen atoms in total. The van der Waals surface area contributed by atoms with E-state index < -0.39 is 20.2 Å². The van der Waals surface area contributed by atoms with Crippen molar-refractivity contribution in [1.29, 1.82) is 0 Å². The van der Waals surface area contributed by atoms with E-state index in [-0.39, 0.29) is 47.5 Å². The molecule has 14 heteroatoms. The van der Waals surface area contributed by atoms with Crippen LogP contribution in [0.3, 0.4) is 0 Å². The molecule has 5 rings (SSSR count). The zero-order valence-electron chi connectivity index (χ0n) is 20.1. The van der Waals surface area contributed by atoms with E-state index in [0.29, 0.717) is 45.6 Å². The summed E-state index contributed by atoms with van der Waals surface area (Å²) in [7, 11) is -9.06. The summed E-state index contributed by atoms with van der Waals surface area (Å²) in [5.74, 6) is 1.46. The third kappa shape index (κ3) is 6.38. The number of oxazole rings is 2. The first-order chi connectivity index (χ1) is 17.1. The van der Waals surface area contributed by atoms with E-state index in [1.165, 1.54) is 60.9 Å². The van der Waals surface area contributed by atoms with Crippen LogP contribution in [0.2, 0.25) is 0 Å². The van der Waals surface area contributed by atoms with Gasteiger partial charge in [0.2, 0.25) is 11.8 Å². The summed E-state index contributed by atoms with van der Waals surface area (Å²) >= 11 is 0. The fraction of sp³-hybridized carbons (Fsp3) is 0. The van der Waals surface area contributed by atoms with Crippen LogP contribution in [0.4, 0.5) is 0 Å². The summed E-state index contributed by atoms with van der Waals surface area (Å²) in [6, 6.07) is 17.7. The van der Waals surface area contributed by atoms with Crippen molar-refractivity contribution in [1.82, 2.24) is 9.97 Å². The Morgan fingerprint density at radius 3 is 1.08 bits per heavy atom. The van der Waals surface area contributed by atoms with Crippen LogP contribution in [0.5, 0.6) is 0 Å². The first-order valence-electron chi connectivity index (χ1n) is 10.2. The van der Waals surface area contributed by atoms with Gasteiger partial charge in [-0.2, -0.15) is 0 Å². The monoisotopic (exact) mass is 536 g/mol. The number of rotatable bonds is 6. The van der Waals surface area contributed by atoms with Crippen LogP contribution in [0.15, 0.2) is 104 Å². The van der Waals surface area contributed by atoms with Crippen LogP contribution in [-0.4, -0.2) is 35.9 Å². The normalized spacial score (nSPS) is 11.4. The first-order valence-corrected chi connectivity index (χ1v) is 13.0. The fourth-order valence-corrected chi connectivity index (χ4v) is 4.35. The maximum atomic E-state index is 11.1. The second-order valence-electron chi connectivity index (χ2n) is 7.59. The summed E-state index contributed by atoms with van der Waals surface area (Å²) in [6.07, 6.45) is 2.99. The predicted octanol–water partition coefficient (Wildman–Crippen LogP) is -1.85. The van der Waals surface area contributed by atoms with E-state index in [9.17, 15) is 25.9 Å². The zero-order valence-corrected chi connectivity index (χ0v) is 21.7. The Hall–Kier alpha value is -2.91. The van der Waals surface area contributed by atoms with Gasteiger partial charge in [-0.05, 0) is 72.8 Å². The Bertz CT molecular complexity index is 1630. The Balaban J connectivity index is 0.00000200. The molecule has 182 valence electrons. The molecule has 2 heterocycles. The molecule has 38 heavy (non-hydrogen) atoms. The van der Waals surface area contributed by atoms with Crippen molar-refractivity contribution >= 4 is 20.2 Å². The third-order valence-corrected chi connectivity index (χ3v) is 6.94. The molecular weight excluding hydrogens is 522 g/mol. The van der Waals surface area contributed by atoms with E-state index in [1.54, 1.807) is 24.3 Å². The number of hydrogen-bond acceptors (Lipinski definition) is 10. The van der Waals surface area contributed by atoms with Gasteiger partial charge in [-0.1, -0.05) is 0 Å². The van der Waals surface area contributed by atoms with Crippen molar-refractivity contribution in [3.05, 3.63) is 85.2 Å². The molecule has 0 fully saturated rings. The quantitative estimate of drug-likeness (QED) is 0.178. The third-order valence-electron chi connectivity index (χ3n) is 5.25. The Labute approximate surface area is 242 Å². The van der Waals surface area contributed by atoms with Crippen LogP contribution in [0.1, 0.15) is 0 Å². The number of benzene rings is 3. The van der Waals surface area contributed by atoms with Crippen LogP contribution in [0, 0.1) is 0 Å². The van der Waals surface area contributed by atoms with E-state index in [0.717, 1.165) is 0 Å². The van der Waals surface area contributed by atoms with Crippen LogP contribution in [0.25, 0.3) is 45.6 Å². The van der Waals surface area contributed by atoms with Crippen molar-refractivity contribution in [2.24, 2.45) is 0 Å². The molecule has 3 aromatic carbocycles. The van der Waals surface area contributed by atoms with Crippen LogP contribution >= 0.6 is 0 Å². The summed E-state index contributed by atoms with van der Waals surface area (Å²) in [5.41, 5.74) is 2.46. The van der Waals surface area contributed by atoms with Crippen molar-refractivity contribution < 1.29 is 72.5 Å². The number of nitrogens with zero attached hydrogens (tertiary/aromatic N) is 2. The molecule has 0 saturated carbocycles. The SMILES string of the molecule is O=S(=O)([O-])c1ccc(-c2cnc(-c3ccc(-c4ncc(-c5ccc(S(=O)(=O)[O-])cc5)o4)cc3)o2)cc1.[Li+].[Li+]. The molecule has 0 amide bonds. The second kappa shape index (κ2) is 11.5. The number of aromatic nitrogens is 2. The molecular formula is C24H14Li2N2O8S2. The molecule has 0 spiro atoms. The standard InChI is InChI=1S/C24H16N2O8S2.2Li/c27-35(28,29)19-9-5-15(6-10-19)21-13-25-23(33-21)17-1-2-18(4-3-17)24-26-14-22(34-24)16-7-11-20(12-8-16)36(30,31)32;;/h1-14H,(H,27,28,29)(H,30,31,32);;/q;2*+1/p-2. The molecule has 0 aliphatic rings. The van der Waals surface area contributed by atoms with Gasteiger partial charge in [0, 0.05) is 22.3 Å². The smallest absolute Gasteiger partial charge is 0.744 e. The largest absolute Gasteiger partial charge is 1.00 e. The Morgan fingerprint density at radius 2 is 0.789 bits per heavy atom. The predicted molar refractivity (Wildman–Crippen MR) is 124 cm³/mol.